The van der Waals surface area contributed by atoms with Crippen molar-refractivity contribution in [1.82, 2.24) is 4.98 Å². The molecule has 3 nitrogen and oxygen atoms in total. The maximum atomic E-state index is 11.3. The minimum atomic E-state index is -0.233. The van der Waals surface area contributed by atoms with E-state index in [0.29, 0.717) is 0 Å². The summed E-state index contributed by atoms with van der Waals surface area (Å²) in [7, 11) is 1.40. The van der Waals surface area contributed by atoms with E-state index in [-0.39, 0.29) is 12.4 Å². The van der Waals surface area contributed by atoms with Crippen molar-refractivity contribution >= 4 is 16.9 Å². The van der Waals surface area contributed by atoms with Crippen molar-refractivity contribution < 1.29 is 9.53 Å². The first-order valence-corrected chi connectivity index (χ1v) is 6.78. The fourth-order valence-electron chi connectivity index (χ4n) is 2.29. The van der Waals surface area contributed by atoms with Gasteiger partial charge in [0.15, 0.2) is 0 Å². The molecule has 0 atom stereocenters. The molecule has 3 rings (SSSR count). The first-order valence-electron chi connectivity index (χ1n) is 6.78. The summed E-state index contributed by atoms with van der Waals surface area (Å²) in [6.07, 6.45) is 0.285. The fraction of sp³-hybridized carbons (Fsp3) is 0.111. The van der Waals surface area contributed by atoms with E-state index in [0.717, 1.165) is 27.7 Å². The normalized spacial score (nSPS) is 10.5. The van der Waals surface area contributed by atoms with Gasteiger partial charge in [0, 0.05) is 10.9 Å². The van der Waals surface area contributed by atoms with Gasteiger partial charge >= 0.3 is 5.97 Å². The summed E-state index contributed by atoms with van der Waals surface area (Å²) in [5, 5.41) is 1.02. The van der Waals surface area contributed by atoms with Crippen LogP contribution in [0.2, 0.25) is 0 Å². The van der Waals surface area contributed by atoms with Crippen molar-refractivity contribution in [3.63, 3.8) is 0 Å². The molecular weight excluding hydrogens is 262 g/mol. The molecule has 3 heteroatoms. The van der Waals surface area contributed by atoms with Gasteiger partial charge in [-0.1, -0.05) is 42.5 Å². The first-order chi connectivity index (χ1) is 10.3. The number of ether oxygens (including phenoxy) is 1. The van der Waals surface area contributed by atoms with Crippen molar-refractivity contribution in [1.29, 1.82) is 0 Å². The van der Waals surface area contributed by atoms with E-state index in [4.69, 9.17) is 0 Å². The van der Waals surface area contributed by atoms with E-state index < -0.39 is 0 Å². The highest BCUT2D eigenvalue weighted by atomic mass is 16.5. The third kappa shape index (κ3) is 2.92. The van der Waals surface area contributed by atoms with Crippen LogP contribution >= 0.6 is 0 Å². The van der Waals surface area contributed by atoms with E-state index in [2.05, 4.69) is 9.72 Å². The number of nitrogens with zero attached hydrogens (tertiary/aromatic N) is 1. The quantitative estimate of drug-likeness (QED) is 0.686. The maximum absolute atomic E-state index is 11.3. The van der Waals surface area contributed by atoms with Gasteiger partial charge in [0.2, 0.25) is 0 Å². The minimum absolute atomic E-state index is 0.233. The van der Waals surface area contributed by atoms with Crippen LogP contribution in [-0.4, -0.2) is 18.1 Å². The minimum Gasteiger partial charge on any atom is -0.469 e. The monoisotopic (exact) mass is 277 g/mol. The van der Waals surface area contributed by atoms with Gasteiger partial charge in [0.1, 0.15) is 0 Å². The smallest absolute Gasteiger partial charge is 0.309 e. The molecule has 0 N–H and O–H groups in total. The molecule has 21 heavy (non-hydrogen) atoms. The van der Waals surface area contributed by atoms with Crippen molar-refractivity contribution in [3.05, 3.63) is 66.2 Å². The molecule has 0 amide bonds. The predicted molar refractivity (Wildman–Crippen MR) is 82.9 cm³/mol. The zero-order valence-corrected chi connectivity index (χ0v) is 11.7. The van der Waals surface area contributed by atoms with Crippen LogP contribution < -0.4 is 0 Å². The largest absolute Gasteiger partial charge is 0.469 e. The second-order valence-corrected chi connectivity index (χ2v) is 4.84. The van der Waals surface area contributed by atoms with Crippen LogP contribution in [0.1, 0.15) is 5.56 Å². The van der Waals surface area contributed by atoms with E-state index >= 15 is 0 Å². The topological polar surface area (TPSA) is 39.2 Å². The second kappa shape index (κ2) is 5.75. The Morgan fingerprint density at radius 2 is 1.86 bits per heavy atom. The molecular formula is C18H15NO2. The van der Waals surface area contributed by atoms with Gasteiger partial charge in [-0.25, -0.2) is 4.98 Å². The number of hydrogen-bond donors (Lipinski definition) is 0. The number of benzene rings is 2. The predicted octanol–water partition coefficient (Wildman–Crippen LogP) is 3.62. The van der Waals surface area contributed by atoms with Crippen molar-refractivity contribution in [3.8, 4) is 11.3 Å². The summed E-state index contributed by atoms with van der Waals surface area (Å²) in [5.41, 5.74) is 3.90. The number of rotatable bonds is 3. The lowest BCUT2D eigenvalue weighted by atomic mass is 10.1. The Morgan fingerprint density at radius 1 is 1.05 bits per heavy atom. The first kappa shape index (κ1) is 13.3. The summed E-state index contributed by atoms with van der Waals surface area (Å²) in [6.45, 7) is 0. The van der Waals surface area contributed by atoms with Crippen molar-refractivity contribution in [2.75, 3.05) is 7.11 Å². The lowest BCUT2D eigenvalue weighted by Crippen LogP contribution is -2.04. The molecule has 2 aromatic carbocycles. The Bertz CT molecular complexity index is 782. The summed E-state index contributed by atoms with van der Waals surface area (Å²) in [6, 6.07) is 19.9. The molecule has 0 unspecified atom stereocenters. The van der Waals surface area contributed by atoms with Gasteiger partial charge < -0.3 is 4.74 Å². The van der Waals surface area contributed by atoms with Gasteiger partial charge in [-0.05, 0) is 23.8 Å². The molecule has 104 valence electrons. The van der Waals surface area contributed by atoms with Crippen LogP contribution in [0, 0.1) is 0 Å². The number of pyridine rings is 1. The number of carbonyl (C=O) groups is 1. The SMILES string of the molecule is COC(=O)Cc1ccc2nc(-c3ccccc3)ccc2c1. The van der Waals surface area contributed by atoms with Crippen LogP contribution in [0.4, 0.5) is 0 Å². The summed E-state index contributed by atoms with van der Waals surface area (Å²) in [5.74, 6) is -0.233. The molecule has 0 bridgehead atoms. The Hall–Kier alpha value is -2.68. The highest BCUT2D eigenvalue weighted by molar-refractivity contribution is 5.83. The zero-order valence-electron chi connectivity index (χ0n) is 11.7. The highest BCUT2D eigenvalue weighted by Gasteiger charge is 2.05. The average Bonchev–Trinajstić information content (AvgIpc) is 2.55. The lowest BCUT2D eigenvalue weighted by molar-refractivity contribution is -0.139. The van der Waals surface area contributed by atoms with E-state index in [1.54, 1.807) is 0 Å². The Labute approximate surface area is 123 Å². The van der Waals surface area contributed by atoms with Crippen LogP contribution in [0.25, 0.3) is 22.2 Å². The Morgan fingerprint density at radius 3 is 2.62 bits per heavy atom. The summed E-state index contributed by atoms with van der Waals surface area (Å²) < 4.78 is 4.69. The standard InChI is InChI=1S/C18H15NO2/c1-21-18(20)12-13-7-9-17-15(11-13)8-10-16(19-17)14-5-3-2-4-6-14/h2-11H,12H2,1H3. The number of hydrogen-bond acceptors (Lipinski definition) is 3. The fourth-order valence-corrected chi connectivity index (χ4v) is 2.29. The number of aromatic nitrogens is 1. The van der Waals surface area contributed by atoms with Crippen molar-refractivity contribution in [2.24, 2.45) is 0 Å². The third-order valence-corrected chi connectivity index (χ3v) is 3.40. The molecule has 1 heterocycles. The molecule has 0 aliphatic rings. The maximum Gasteiger partial charge on any atom is 0.309 e. The van der Waals surface area contributed by atoms with Crippen LogP contribution in [0.5, 0.6) is 0 Å². The average molecular weight is 277 g/mol. The van der Waals surface area contributed by atoms with Gasteiger partial charge in [-0.15, -0.1) is 0 Å². The number of esters is 1. The third-order valence-electron chi connectivity index (χ3n) is 3.40. The van der Waals surface area contributed by atoms with E-state index in [9.17, 15) is 4.79 Å². The zero-order chi connectivity index (χ0) is 14.7. The second-order valence-electron chi connectivity index (χ2n) is 4.84. The van der Waals surface area contributed by atoms with Crippen molar-refractivity contribution in [2.45, 2.75) is 6.42 Å². The van der Waals surface area contributed by atoms with Crippen LogP contribution in [-0.2, 0) is 16.0 Å². The number of methoxy groups -OCH3 is 1. The molecule has 0 spiro atoms. The molecule has 0 aliphatic carbocycles. The Balaban J connectivity index is 1.97. The molecule has 0 saturated carbocycles. The molecule has 0 saturated heterocycles. The Kier molecular flexibility index (Phi) is 3.65. The molecule has 1 aromatic heterocycles. The molecule has 3 aromatic rings. The van der Waals surface area contributed by atoms with Gasteiger partial charge in [-0.2, -0.15) is 0 Å². The van der Waals surface area contributed by atoms with E-state index in [1.165, 1.54) is 7.11 Å². The number of carbonyl (C=O) groups excluding carboxylic acids is 1. The molecule has 0 aliphatic heterocycles. The van der Waals surface area contributed by atoms with Gasteiger partial charge in [0.05, 0.1) is 24.7 Å². The van der Waals surface area contributed by atoms with E-state index in [1.807, 2.05) is 60.7 Å². The van der Waals surface area contributed by atoms with Crippen LogP contribution in [0.15, 0.2) is 60.7 Å². The van der Waals surface area contributed by atoms with Crippen LogP contribution in [0.3, 0.4) is 0 Å². The van der Waals surface area contributed by atoms with Gasteiger partial charge in [-0.3, -0.25) is 4.79 Å². The highest BCUT2D eigenvalue weighted by Crippen LogP contribution is 2.21. The molecule has 0 radical (unpaired) electrons. The summed E-state index contributed by atoms with van der Waals surface area (Å²) >= 11 is 0. The summed E-state index contributed by atoms with van der Waals surface area (Å²) in [4.78, 5) is 16.0. The molecule has 0 fully saturated rings. The number of fused-ring (bicyclic) bond motifs is 1. The van der Waals surface area contributed by atoms with Gasteiger partial charge in [0.25, 0.3) is 0 Å². The lowest BCUT2D eigenvalue weighted by Gasteiger charge is -2.05.